The molecule has 0 aliphatic carbocycles. The van der Waals surface area contributed by atoms with Crippen LogP contribution in [0.15, 0.2) is 18.2 Å². The van der Waals surface area contributed by atoms with Crippen molar-refractivity contribution >= 4 is 11.8 Å². The van der Waals surface area contributed by atoms with Crippen LogP contribution in [0.25, 0.3) is 0 Å². The maximum atomic E-state index is 11.1. The number of hydrogen-bond donors (Lipinski definition) is 0. The molecular formula is C13H16O4. The van der Waals surface area contributed by atoms with Gasteiger partial charge >= 0.3 is 5.97 Å². The molecule has 0 fully saturated rings. The maximum Gasteiger partial charge on any atom is 0.308 e. The lowest BCUT2D eigenvalue weighted by Gasteiger charge is -2.09. The molecule has 0 aromatic heterocycles. The van der Waals surface area contributed by atoms with Crippen molar-refractivity contribution in [3.8, 4) is 5.75 Å². The molecule has 0 saturated carbocycles. The molecule has 1 rings (SSSR count). The predicted octanol–water partition coefficient (Wildman–Crippen LogP) is 2.14. The second kappa shape index (κ2) is 6.03. The van der Waals surface area contributed by atoms with Crippen LogP contribution < -0.4 is 4.74 Å². The Labute approximate surface area is 101 Å². The van der Waals surface area contributed by atoms with Crippen molar-refractivity contribution in [1.82, 2.24) is 0 Å². The second-order valence-electron chi connectivity index (χ2n) is 3.71. The van der Waals surface area contributed by atoms with Gasteiger partial charge in [0.1, 0.15) is 5.75 Å². The van der Waals surface area contributed by atoms with Crippen molar-refractivity contribution in [2.75, 3.05) is 13.7 Å². The SMILES string of the molecule is COC(=O)CCOc1ccc(C(C)=O)cc1C. The fourth-order valence-corrected chi connectivity index (χ4v) is 1.38. The number of carbonyl (C=O) groups is 2. The minimum absolute atomic E-state index is 0.0224. The third-order valence-electron chi connectivity index (χ3n) is 2.37. The molecule has 92 valence electrons. The van der Waals surface area contributed by atoms with E-state index in [9.17, 15) is 9.59 Å². The molecule has 1 aromatic rings. The van der Waals surface area contributed by atoms with E-state index < -0.39 is 0 Å². The molecule has 0 amide bonds. The van der Waals surface area contributed by atoms with Gasteiger partial charge in [0.05, 0.1) is 20.1 Å². The van der Waals surface area contributed by atoms with E-state index in [4.69, 9.17) is 4.74 Å². The zero-order valence-electron chi connectivity index (χ0n) is 10.3. The number of methoxy groups -OCH3 is 1. The van der Waals surface area contributed by atoms with Gasteiger partial charge in [0.2, 0.25) is 0 Å². The van der Waals surface area contributed by atoms with Gasteiger partial charge in [-0.3, -0.25) is 9.59 Å². The normalized spacial score (nSPS) is 9.82. The first-order valence-corrected chi connectivity index (χ1v) is 5.36. The molecule has 0 heterocycles. The van der Waals surface area contributed by atoms with Gasteiger partial charge in [-0.15, -0.1) is 0 Å². The van der Waals surface area contributed by atoms with Gasteiger partial charge in [-0.2, -0.15) is 0 Å². The van der Waals surface area contributed by atoms with Crippen LogP contribution in [0.4, 0.5) is 0 Å². The van der Waals surface area contributed by atoms with E-state index in [1.54, 1.807) is 18.2 Å². The van der Waals surface area contributed by atoms with Crippen molar-refractivity contribution in [3.05, 3.63) is 29.3 Å². The van der Waals surface area contributed by atoms with E-state index in [1.807, 2.05) is 6.92 Å². The van der Waals surface area contributed by atoms with Crippen LogP contribution in [0.5, 0.6) is 5.75 Å². The monoisotopic (exact) mass is 236 g/mol. The Morgan fingerprint density at radius 2 is 2.00 bits per heavy atom. The molecule has 1 aromatic carbocycles. The molecule has 0 radical (unpaired) electrons. The minimum atomic E-state index is -0.303. The summed E-state index contributed by atoms with van der Waals surface area (Å²) in [5, 5.41) is 0. The van der Waals surface area contributed by atoms with Crippen molar-refractivity contribution in [1.29, 1.82) is 0 Å². The molecule has 0 aliphatic heterocycles. The van der Waals surface area contributed by atoms with Crippen LogP contribution in [0.3, 0.4) is 0 Å². The lowest BCUT2D eigenvalue weighted by atomic mass is 10.1. The molecule has 0 unspecified atom stereocenters. The van der Waals surface area contributed by atoms with Gasteiger partial charge in [-0.25, -0.2) is 0 Å². The molecular weight excluding hydrogens is 220 g/mol. The summed E-state index contributed by atoms with van der Waals surface area (Å²) in [6.07, 6.45) is 0.213. The lowest BCUT2D eigenvalue weighted by molar-refractivity contribution is -0.141. The second-order valence-corrected chi connectivity index (χ2v) is 3.71. The van der Waals surface area contributed by atoms with E-state index in [1.165, 1.54) is 14.0 Å². The van der Waals surface area contributed by atoms with E-state index in [0.29, 0.717) is 11.3 Å². The van der Waals surface area contributed by atoms with Crippen molar-refractivity contribution in [3.63, 3.8) is 0 Å². The molecule has 0 bridgehead atoms. The highest BCUT2D eigenvalue weighted by atomic mass is 16.5. The first-order chi connectivity index (χ1) is 8.04. The Morgan fingerprint density at radius 3 is 2.53 bits per heavy atom. The molecule has 4 heteroatoms. The van der Waals surface area contributed by atoms with Crippen molar-refractivity contribution in [2.45, 2.75) is 20.3 Å². The average molecular weight is 236 g/mol. The largest absolute Gasteiger partial charge is 0.493 e. The number of ether oxygens (including phenoxy) is 2. The van der Waals surface area contributed by atoms with Crippen LogP contribution in [0.1, 0.15) is 29.3 Å². The average Bonchev–Trinajstić information content (AvgIpc) is 2.30. The highest BCUT2D eigenvalue weighted by molar-refractivity contribution is 5.94. The Kier molecular flexibility index (Phi) is 4.69. The third-order valence-corrected chi connectivity index (χ3v) is 2.37. The molecule has 4 nitrogen and oxygen atoms in total. The first kappa shape index (κ1) is 13.2. The Balaban J connectivity index is 2.60. The fourth-order valence-electron chi connectivity index (χ4n) is 1.38. The number of carbonyl (C=O) groups excluding carboxylic acids is 2. The predicted molar refractivity (Wildman–Crippen MR) is 63.3 cm³/mol. The highest BCUT2D eigenvalue weighted by Crippen LogP contribution is 2.19. The summed E-state index contributed by atoms with van der Waals surface area (Å²) in [5.41, 5.74) is 1.53. The molecule has 0 aliphatic rings. The number of aryl methyl sites for hydroxylation is 1. The number of Topliss-reactive ketones (excluding diaryl/α,β-unsaturated/α-hetero) is 1. The Bertz CT molecular complexity index is 423. The van der Waals surface area contributed by atoms with Crippen molar-refractivity contribution < 1.29 is 19.1 Å². The number of hydrogen-bond acceptors (Lipinski definition) is 4. The standard InChI is InChI=1S/C13H16O4/c1-9-8-11(10(2)14)4-5-12(9)17-7-6-13(15)16-3/h4-5,8H,6-7H2,1-3H3. The van der Waals surface area contributed by atoms with Gasteiger partial charge < -0.3 is 9.47 Å². The van der Waals surface area contributed by atoms with Gasteiger partial charge in [-0.1, -0.05) is 0 Å². The Hall–Kier alpha value is -1.84. The summed E-state index contributed by atoms with van der Waals surface area (Å²) in [6, 6.07) is 5.22. The first-order valence-electron chi connectivity index (χ1n) is 5.36. The zero-order valence-corrected chi connectivity index (χ0v) is 10.3. The van der Waals surface area contributed by atoms with Gasteiger partial charge in [0.15, 0.2) is 5.78 Å². The fraction of sp³-hybridized carbons (Fsp3) is 0.385. The summed E-state index contributed by atoms with van der Waals surface area (Å²) < 4.78 is 9.94. The van der Waals surface area contributed by atoms with E-state index >= 15 is 0 Å². The molecule has 17 heavy (non-hydrogen) atoms. The van der Waals surface area contributed by atoms with Crippen LogP contribution >= 0.6 is 0 Å². The number of rotatable bonds is 5. The summed E-state index contributed by atoms with van der Waals surface area (Å²) in [5.74, 6) is 0.399. The van der Waals surface area contributed by atoms with Crippen LogP contribution in [-0.4, -0.2) is 25.5 Å². The van der Waals surface area contributed by atoms with Crippen LogP contribution in [0.2, 0.25) is 0 Å². The summed E-state index contributed by atoms with van der Waals surface area (Å²) in [4.78, 5) is 22.0. The quantitative estimate of drug-likeness (QED) is 0.580. The van der Waals surface area contributed by atoms with Gasteiger partial charge in [-0.05, 0) is 37.6 Å². The van der Waals surface area contributed by atoms with E-state index in [0.717, 1.165) is 5.56 Å². The third kappa shape index (κ3) is 3.90. The molecule has 0 spiro atoms. The highest BCUT2D eigenvalue weighted by Gasteiger charge is 2.05. The summed E-state index contributed by atoms with van der Waals surface area (Å²) in [6.45, 7) is 3.65. The number of ketones is 1. The van der Waals surface area contributed by atoms with Gasteiger partial charge in [0, 0.05) is 5.56 Å². The van der Waals surface area contributed by atoms with Crippen molar-refractivity contribution in [2.24, 2.45) is 0 Å². The number of esters is 1. The van der Waals surface area contributed by atoms with E-state index in [2.05, 4.69) is 4.74 Å². The summed E-state index contributed by atoms with van der Waals surface area (Å²) >= 11 is 0. The molecule has 0 atom stereocenters. The Morgan fingerprint density at radius 1 is 1.29 bits per heavy atom. The molecule has 0 N–H and O–H groups in total. The topological polar surface area (TPSA) is 52.6 Å². The minimum Gasteiger partial charge on any atom is -0.493 e. The maximum absolute atomic E-state index is 11.1. The smallest absolute Gasteiger partial charge is 0.308 e. The van der Waals surface area contributed by atoms with Crippen LogP contribution in [-0.2, 0) is 9.53 Å². The number of benzene rings is 1. The lowest BCUT2D eigenvalue weighted by Crippen LogP contribution is -2.08. The van der Waals surface area contributed by atoms with E-state index in [-0.39, 0.29) is 24.8 Å². The zero-order chi connectivity index (χ0) is 12.8. The molecule has 0 saturated heterocycles. The van der Waals surface area contributed by atoms with Gasteiger partial charge in [0.25, 0.3) is 0 Å². The van der Waals surface area contributed by atoms with Crippen LogP contribution in [0, 0.1) is 6.92 Å². The summed E-state index contributed by atoms with van der Waals surface area (Å²) in [7, 11) is 1.34.